The summed E-state index contributed by atoms with van der Waals surface area (Å²) in [5.74, 6) is 0.677. The minimum Gasteiger partial charge on any atom is -0.491 e. The fourth-order valence-corrected chi connectivity index (χ4v) is 7.32. The van der Waals surface area contributed by atoms with Crippen LogP contribution in [-0.4, -0.2) is 81.0 Å². The van der Waals surface area contributed by atoms with Crippen molar-refractivity contribution in [2.24, 2.45) is 0 Å². The summed E-state index contributed by atoms with van der Waals surface area (Å²) in [6, 6.07) is 14.1. The highest BCUT2D eigenvalue weighted by Gasteiger charge is 2.32. The Morgan fingerprint density at radius 3 is 2.58 bits per heavy atom. The summed E-state index contributed by atoms with van der Waals surface area (Å²) in [6.07, 6.45) is 5.95. The van der Waals surface area contributed by atoms with Crippen LogP contribution in [0.25, 0.3) is 22.2 Å². The van der Waals surface area contributed by atoms with Gasteiger partial charge >= 0.3 is 10.2 Å². The predicted molar refractivity (Wildman–Crippen MR) is 157 cm³/mol. The van der Waals surface area contributed by atoms with Gasteiger partial charge in [0.15, 0.2) is 0 Å². The van der Waals surface area contributed by atoms with Crippen LogP contribution < -0.4 is 14.8 Å². The van der Waals surface area contributed by atoms with E-state index in [0.717, 1.165) is 41.6 Å². The minimum absolute atomic E-state index is 0.108. The molecule has 1 saturated carbocycles. The largest absolute Gasteiger partial charge is 0.491 e. The molecule has 3 aromatic rings. The van der Waals surface area contributed by atoms with E-state index >= 15 is 0 Å². The van der Waals surface area contributed by atoms with Crippen LogP contribution in [0.4, 0.5) is 0 Å². The van der Waals surface area contributed by atoms with Crippen LogP contribution in [0.2, 0.25) is 0 Å². The Kier molecular flexibility index (Phi) is 7.60. The van der Waals surface area contributed by atoms with Gasteiger partial charge in [-0.1, -0.05) is 37.5 Å². The number of benzene rings is 2. The van der Waals surface area contributed by atoms with Gasteiger partial charge in [0.05, 0.1) is 11.7 Å². The first kappa shape index (κ1) is 27.3. The molecule has 2 aliphatic heterocycles. The fraction of sp³-hybridized carbons (Fsp3) is 0.500. The summed E-state index contributed by atoms with van der Waals surface area (Å²) in [7, 11) is -0.362. The summed E-state index contributed by atoms with van der Waals surface area (Å²) in [5.41, 5.74) is 4.87. The molecule has 3 aliphatic rings. The number of aromatic nitrogens is 1. The first-order valence-corrected chi connectivity index (χ1v) is 15.8. The Balaban J connectivity index is 1.58. The zero-order valence-electron chi connectivity index (χ0n) is 23.4. The number of nitrogens with zero attached hydrogens (tertiary/aromatic N) is 3. The van der Waals surface area contributed by atoms with E-state index < -0.39 is 16.1 Å². The maximum Gasteiger partial charge on any atom is 0.303 e. The molecule has 9 nitrogen and oxygen atoms in total. The van der Waals surface area contributed by atoms with Gasteiger partial charge in [0.1, 0.15) is 12.4 Å². The van der Waals surface area contributed by atoms with Crippen molar-refractivity contribution in [3.05, 3.63) is 53.6 Å². The van der Waals surface area contributed by atoms with Crippen LogP contribution in [0.1, 0.15) is 53.9 Å². The van der Waals surface area contributed by atoms with Crippen LogP contribution in [-0.2, 0) is 16.8 Å². The summed E-state index contributed by atoms with van der Waals surface area (Å²) in [6.45, 7) is 3.49. The van der Waals surface area contributed by atoms with Gasteiger partial charge in [-0.25, -0.2) is 4.72 Å². The monoisotopic (exact) mass is 565 g/mol. The summed E-state index contributed by atoms with van der Waals surface area (Å²) >= 11 is 0. The van der Waals surface area contributed by atoms with E-state index in [4.69, 9.17) is 4.74 Å². The Hall–Kier alpha value is -2.92. The number of fused-ring (bicyclic) bond motifs is 4. The van der Waals surface area contributed by atoms with Crippen LogP contribution in [0.15, 0.2) is 42.5 Å². The van der Waals surface area contributed by atoms with Gasteiger partial charge < -0.3 is 14.6 Å². The molecule has 1 amide bonds. The number of hydrogen-bond acceptors (Lipinski definition) is 6. The molecule has 4 bridgehead atoms. The topological polar surface area (TPSA) is 95.9 Å². The lowest BCUT2D eigenvalue weighted by atomic mass is 9.81. The Morgan fingerprint density at radius 2 is 1.75 bits per heavy atom. The first-order chi connectivity index (χ1) is 19.3. The SMILES string of the molecule is CN1CCNCCN(C)S(=O)(=O)NC(=O)c2ccc3c(C4CCCCC4)c4n(c3c2)C[C@@H]1COc1ccccc1-4. The average Bonchev–Trinajstić information content (AvgIpc) is 3.25. The van der Waals surface area contributed by atoms with Crippen molar-refractivity contribution in [3.8, 4) is 17.0 Å². The molecular weight excluding hydrogens is 526 g/mol. The molecule has 2 aromatic carbocycles. The van der Waals surface area contributed by atoms with E-state index in [1.807, 2.05) is 18.2 Å². The molecule has 1 atom stereocenters. The van der Waals surface area contributed by atoms with Crippen molar-refractivity contribution in [2.75, 3.05) is 46.9 Å². The number of para-hydroxylation sites is 1. The van der Waals surface area contributed by atoms with E-state index in [0.29, 0.717) is 37.7 Å². The quantitative estimate of drug-likeness (QED) is 0.469. The molecule has 0 unspecified atom stereocenters. The Labute approximate surface area is 236 Å². The fourth-order valence-electron chi connectivity index (χ4n) is 6.48. The van der Waals surface area contributed by atoms with Crippen molar-refractivity contribution in [1.82, 2.24) is 23.8 Å². The molecule has 10 heteroatoms. The highest BCUT2D eigenvalue weighted by atomic mass is 32.2. The second-order valence-corrected chi connectivity index (χ2v) is 13.2. The maximum absolute atomic E-state index is 13.3. The van der Waals surface area contributed by atoms with E-state index in [1.165, 1.54) is 41.9 Å². The Morgan fingerprint density at radius 1 is 0.975 bits per heavy atom. The summed E-state index contributed by atoms with van der Waals surface area (Å²) < 4.78 is 38.1. The molecule has 0 spiro atoms. The third-order valence-electron chi connectivity index (χ3n) is 8.85. The number of ether oxygens (including phenoxy) is 1. The zero-order valence-corrected chi connectivity index (χ0v) is 24.2. The van der Waals surface area contributed by atoms with Crippen molar-refractivity contribution in [3.63, 3.8) is 0 Å². The van der Waals surface area contributed by atoms with Gasteiger partial charge in [-0.05, 0) is 55.6 Å². The first-order valence-electron chi connectivity index (χ1n) is 14.4. The second kappa shape index (κ2) is 11.2. The van der Waals surface area contributed by atoms with E-state index in [1.54, 1.807) is 6.07 Å². The number of likely N-dealkylation sites (N-methyl/N-ethyl adjacent to an activating group) is 2. The smallest absolute Gasteiger partial charge is 0.303 e. The number of carbonyl (C=O) groups is 1. The molecule has 0 saturated heterocycles. The highest BCUT2D eigenvalue weighted by molar-refractivity contribution is 7.87. The van der Waals surface area contributed by atoms with Crippen LogP contribution in [0.5, 0.6) is 5.75 Å². The normalized spacial score (nSPS) is 23.4. The maximum atomic E-state index is 13.3. The molecule has 40 heavy (non-hydrogen) atoms. The molecule has 0 radical (unpaired) electrons. The van der Waals surface area contributed by atoms with Gasteiger partial charge in [-0.3, -0.25) is 9.69 Å². The molecule has 1 fully saturated rings. The molecule has 6 rings (SSSR count). The molecule has 214 valence electrons. The minimum atomic E-state index is -3.97. The lowest BCUT2D eigenvalue weighted by molar-refractivity contribution is 0.0979. The molecular formula is C30H39N5O4S. The van der Waals surface area contributed by atoms with Gasteiger partial charge in [0.2, 0.25) is 0 Å². The van der Waals surface area contributed by atoms with Gasteiger partial charge in [0, 0.05) is 61.8 Å². The van der Waals surface area contributed by atoms with Crippen LogP contribution in [0.3, 0.4) is 0 Å². The van der Waals surface area contributed by atoms with Crippen LogP contribution >= 0.6 is 0 Å². The third kappa shape index (κ3) is 5.13. The number of rotatable bonds is 1. The number of hydrogen-bond donors (Lipinski definition) is 2. The van der Waals surface area contributed by atoms with Crippen molar-refractivity contribution < 1.29 is 17.9 Å². The van der Waals surface area contributed by atoms with Crippen molar-refractivity contribution >= 4 is 27.0 Å². The van der Waals surface area contributed by atoms with Gasteiger partial charge in [-0.15, -0.1) is 0 Å². The van der Waals surface area contributed by atoms with E-state index in [-0.39, 0.29) is 12.6 Å². The van der Waals surface area contributed by atoms with Gasteiger partial charge in [-0.2, -0.15) is 12.7 Å². The number of nitrogens with one attached hydrogen (secondary N) is 2. The number of amides is 1. The summed E-state index contributed by atoms with van der Waals surface area (Å²) in [4.78, 5) is 15.6. The average molecular weight is 566 g/mol. The van der Waals surface area contributed by atoms with Crippen molar-refractivity contribution in [2.45, 2.75) is 50.6 Å². The van der Waals surface area contributed by atoms with E-state index in [2.05, 4.69) is 44.8 Å². The highest BCUT2D eigenvalue weighted by Crippen LogP contribution is 2.47. The third-order valence-corrected chi connectivity index (χ3v) is 10.3. The van der Waals surface area contributed by atoms with Crippen LogP contribution in [0, 0.1) is 0 Å². The predicted octanol–water partition coefficient (Wildman–Crippen LogP) is 3.56. The lowest BCUT2D eigenvalue weighted by Gasteiger charge is -2.32. The molecule has 2 N–H and O–H groups in total. The second-order valence-electron chi connectivity index (χ2n) is 11.4. The Bertz CT molecular complexity index is 1510. The molecule has 1 aliphatic carbocycles. The molecule has 1 aromatic heterocycles. The lowest BCUT2D eigenvalue weighted by Crippen LogP contribution is -2.46. The zero-order chi connectivity index (χ0) is 27.9. The van der Waals surface area contributed by atoms with Crippen molar-refractivity contribution in [1.29, 1.82) is 0 Å². The standard InChI is InChI=1S/C30H39N5O4S/c1-33-16-14-31-15-17-34(2)40(37,38)32-30(36)22-12-13-24-26(18-22)35-19-23(33)20-39-27-11-7-6-10-25(27)29(35)28(24)21-8-4-3-5-9-21/h6-7,10-13,18,21,23,31H,3-5,8-9,14-17,19-20H2,1-2H3,(H,32,36)/t23-/m1/s1. The molecule has 3 heterocycles. The van der Waals surface area contributed by atoms with Gasteiger partial charge in [0.25, 0.3) is 5.91 Å². The van der Waals surface area contributed by atoms with E-state index in [9.17, 15) is 13.2 Å². The number of carbonyl (C=O) groups excluding carboxylic acids is 1. The summed E-state index contributed by atoms with van der Waals surface area (Å²) in [5, 5.41) is 4.48.